The second-order valence-corrected chi connectivity index (χ2v) is 10.9. The van der Waals surface area contributed by atoms with Crippen LogP contribution in [0.4, 0.5) is 0 Å². The number of benzene rings is 1. The van der Waals surface area contributed by atoms with E-state index in [2.05, 4.69) is 6.58 Å². The van der Waals surface area contributed by atoms with Crippen molar-refractivity contribution in [3.05, 3.63) is 62.8 Å². The van der Waals surface area contributed by atoms with Gasteiger partial charge in [-0.25, -0.2) is 8.42 Å². The van der Waals surface area contributed by atoms with Crippen molar-refractivity contribution in [3.63, 3.8) is 0 Å². The molecule has 2 heterocycles. The molecular formula is C20H22Cl2N2O3S2. The molecular weight excluding hydrogens is 451 g/mol. The van der Waals surface area contributed by atoms with Gasteiger partial charge < -0.3 is 4.90 Å². The molecule has 1 aliphatic heterocycles. The van der Waals surface area contributed by atoms with Crippen molar-refractivity contribution in [2.75, 3.05) is 19.6 Å². The number of halogens is 2. The van der Waals surface area contributed by atoms with Crippen LogP contribution < -0.4 is 0 Å². The van der Waals surface area contributed by atoms with E-state index in [1.54, 1.807) is 23.1 Å². The summed E-state index contributed by atoms with van der Waals surface area (Å²) in [5.74, 6) is -0.291. The Morgan fingerprint density at radius 1 is 1.17 bits per heavy atom. The maximum absolute atomic E-state index is 13.1. The number of carbonyl (C=O) groups is 1. The minimum absolute atomic E-state index is 0.0235. The molecule has 2 aromatic rings. The molecule has 0 radical (unpaired) electrons. The number of piperidine rings is 1. The fourth-order valence-electron chi connectivity index (χ4n) is 3.26. The molecule has 29 heavy (non-hydrogen) atoms. The molecule has 1 amide bonds. The van der Waals surface area contributed by atoms with Crippen LogP contribution in [0.25, 0.3) is 0 Å². The number of rotatable bonds is 7. The Bertz CT molecular complexity index is 999. The van der Waals surface area contributed by atoms with E-state index in [0.717, 1.165) is 24.1 Å². The molecule has 1 fully saturated rings. The summed E-state index contributed by atoms with van der Waals surface area (Å²) in [6.07, 6.45) is 4.30. The first-order valence-electron chi connectivity index (χ1n) is 9.27. The van der Waals surface area contributed by atoms with Gasteiger partial charge in [-0.15, -0.1) is 17.9 Å². The molecule has 1 saturated heterocycles. The summed E-state index contributed by atoms with van der Waals surface area (Å²) < 4.78 is 28.2. The van der Waals surface area contributed by atoms with Crippen LogP contribution in [-0.4, -0.2) is 43.2 Å². The third-order valence-electron chi connectivity index (χ3n) is 4.72. The van der Waals surface area contributed by atoms with Crippen molar-refractivity contribution in [1.82, 2.24) is 9.21 Å². The van der Waals surface area contributed by atoms with Crippen molar-refractivity contribution in [3.8, 4) is 0 Å². The Morgan fingerprint density at radius 3 is 2.52 bits per heavy atom. The van der Waals surface area contributed by atoms with Crippen LogP contribution in [0.3, 0.4) is 0 Å². The Morgan fingerprint density at radius 2 is 1.90 bits per heavy atom. The normalized spacial score (nSPS) is 15.2. The molecule has 0 N–H and O–H groups in total. The fourth-order valence-corrected chi connectivity index (χ4v) is 6.38. The van der Waals surface area contributed by atoms with Gasteiger partial charge in [0.15, 0.2) is 0 Å². The standard InChI is InChI=1S/C20H22Cl2N2O3S2/c1-2-10-23(14-16-7-9-19(22)28-16)20(25)15-6-8-17(21)18(13-15)29(26,27)24-11-4-3-5-12-24/h2,6-9,13H,1,3-5,10-12,14H2. The molecule has 1 aromatic heterocycles. The number of hydrogen-bond acceptors (Lipinski definition) is 4. The van der Waals surface area contributed by atoms with Gasteiger partial charge in [-0.1, -0.05) is 35.7 Å². The molecule has 1 aliphatic rings. The van der Waals surface area contributed by atoms with Gasteiger partial charge in [0.1, 0.15) is 4.90 Å². The highest BCUT2D eigenvalue weighted by Gasteiger charge is 2.29. The van der Waals surface area contributed by atoms with Crippen molar-refractivity contribution < 1.29 is 13.2 Å². The van der Waals surface area contributed by atoms with Crippen LogP contribution in [0, 0.1) is 0 Å². The van der Waals surface area contributed by atoms with Crippen LogP contribution >= 0.6 is 34.5 Å². The highest BCUT2D eigenvalue weighted by atomic mass is 35.5. The van der Waals surface area contributed by atoms with E-state index >= 15 is 0 Å². The lowest BCUT2D eigenvalue weighted by Gasteiger charge is -2.26. The van der Waals surface area contributed by atoms with E-state index in [4.69, 9.17) is 23.2 Å². The van der Waals surface area contributed by atoms with Gasteiger partial charge in [-0.3, -0.25) is 4.79 Å². The van der Waals surface area contributed by atoms with Crippen LogP contribution in [0.15, 0.2) is 47.9 Å². The van der Waals surface area contributed by atoms with Gasteiger partial charge in [0.2, 0.25) is 10.0 Å². The van der Waals surface area contributed by atoms with Crippen LogP contribution in [0.5, 0.6) is 0 Å². The van der Waals surface area contributed by atoms with Gasteiger partial charge in [-0.05, 0) is 43.2 Å². The number of amides is 1. The summed E-state index contributed by atoms with van der Waals surface area (Å²) in [5, 5.41) is 0.118. The lowest BCUT2D eigenvalue weighted by molar-refractivity contribution is 0.0764. The second kappa shape index (κ2) is 9.62. The number of carbonyl (C=O) groups excluding carboxylic acids is 1. The zero-order valence-electron chi connectivity index (χ0n) is 15.8. The van der Waals surface area contributed by atoms with Crippen molar-refractivity contribution in [1.29, 1.82) is 0 Å². The first-order chi connectivity index (χ1) is 13.8. The van der Waals surface area contributed by atoms with Gasteiger partial charge in [0.25, 0.3) is 5.91 Å². The first-order valence-corrected chi connectivity index (χ1v) is 12.3. The highest BCUT2D eigenvalue weighted by Crippen LogP contribution is 2.29. The van der Waals surface area contributed by atoms with E-state index in [1.165, 1.54) is 27.8 Å². The Balaban J connectivity index is 1.90. The zero-order valence-corrected chi connectivity index (χ0v) is 19.0. The predicted molar refractivity (Wildman–Crippen MR) is 118 cm³/mol. The molecule has 156 valence electrons. The Hall–Kier alpha value is -1.38. The molecule has 0 spiro atoms. The van der Waals surface area contributed by atoms with Gasteiger partial charge in [0, 0.05) is 30.1 Å². The maximum Gasteiger partial charge on any atom is 0.254 e. The topological polar surface area (TPSA) is 57.7 Å². The van der Waals surface area contributed by atoms with Gasteiger partial charge >= 0.3 is 0 Å². The summed E-state index contributed by atoms with van der Waals surface area (Å²) in [7, 11) is -3.75. The monoisotopic (exact) mass is 472 g/mol. The quantitative estimate of drug-likeness (QED) is 0.529. The lowest BCUT2D eigenvalue weighted by atomic mass is 10.2. The van der Waals surface area contributed by atoms with Gasteiger partial charge in [0.05, 0.1) is 15.9 Å². The molecule has 5 nitrogen and oxygen atoms in total. The lowest BCUT2D eigenvalue weighted by Crippen LogP contribution is -2.36. The number of thiophene rings is 1. The van der Waals surface area contributed by atoms with E-state index in [9.17, 15) is 13.2 Å². The summed E-state index contributed by atoms with van der Waals surface area (Å²) in [6, 6.07) is 8.05. The maximum atomic E-state index is 13.1. The third-order valence-corrected chi connectivity index (χ3v) is 8.32. The molecule has 0 unspecified atom stereocenters. The molecule has 0 bridgehead atoms. The summed E-state index contributed by atoms with van der Waals surface area (Å²) >= 11 is 13.6. The SMILES string of the molecule is C=CCN(Cc1ccc(Cl)s1)C(=O)c1ccc(Cl)c(S(=O)(=O)N2CCCCC2)c1. The van der Waals surface area contributed by atoms with E-state index in [1.807, 2.05) is 6.07 Å². The van der Waals surface area contributed by atoms with Crippen molar-refractivity contribution >= 4 is 50.5 Å². The Kier molecular flexibility index (Phi) is 7.40. The summed E-state index contributed by atoms with van der Waals surface area (Å²) in [5.41, 5.74) is 0.273. The molecule has 0 saturated carbocycles. The predicted octanol–water partition coefficient (Wildman–Crippen LogP) is 5.06. The van der Waals surface area contributed by atoms with Crippen molar-refractivity contribution in [2.45, 2.75) is 30.7 Å². The smallest absolute Gasteiger partial charge is 0.254 e. The zero-order chi connectivity index (χ0) is 21.0. The molecule has 9 heteroatoms. The number of hydrogen-bond donors (Lipinski definition) is 0. The molecule has 1 aromatic carbocycles. The average Bonchev–Trinajstić information content (AvgIpc) is 3.13. The van der Waals surface area contributed by atoms with Crippen LogP contribution in [-0.2, 0) is 16.6 Å². The van der Waals surface area contributed by atoms with Crippen LogP contribution in [0.1, 0.15) is 34.5 Å². The van der Waals surface area contributed by atoms with E-state index in [0.29, 0.717) is 30.5 Å². The minimum Gasteiger partial charge on any atom is -0.330 e. The minimum atomic E-state index is -3.75. The number of nitrogens with zero attached hydrogens (tertiary/aromatic N) is 2. The first kappa shape index (κ1) is 22.3. The second-order valence-electron chi connectivity index (χ2n) is 6.79. The van der Waals surface area contributed by atoms with Gasteiger partial charge in [-0.2, -0.15) is 4.31 Å². The van der Waals surface area contributed by atoms with E-state index < -0.39 is 10.0 Å². The van der Waals surface area contributed by atoms with Crippen LogP contribution in [0.2, 0.25) is 9.36 Å². The van der Waals surface area contributed by atoms with Crippen molar-refractivity contribution in [2.24, 2.45) is 0 Å². The van der Waals surface area contributed by atoms with E-state index in [-0.39, 0.29) is 21.4 Å². The fraction of sp³-hybridized carbons (Fsp3) is 0.350. The summed E-state index contributed by atoms with van der Waals surface area (Å²) in [6.45, 7) is 5.34. The molecule has 0 aliphatic carbocycles. The average molecular weight is 473 g/mol. The highest BCUT2D eigenvalue weighted by molar-refractivity contribution is 7.89. The number of sulfonamides is 1. The molecule has 0 atom stereocenters. The molecule has 3 rings (SSSR count). The Labute approximate surface area is 185 Å². The summed E-state index contributed by atoms with van der Waals surface area (Å²) in [4.78, 5) is 15.6. The third kappa shape index (κ3) is 5.22. The largest absolute Gasteiger partial charge is 0.330 e.